The summed E-state index contributed by atoms with van der Waals surface area (Å²) in [5, 5.41) is 11.7. The van der Waals surface area contributed by atoms with Crippen LogP contribution in [0.5, 0.6) is 0 Å². The van der Waals surface area contributed by atoms with Crippen LogP contribution in [0.15, 0.2) is 61.7 Å². The zero-order valence-corrected chi connectivity index (χ0v) is 14.0. The quantitative estimate of drug-likeness (QED) is 0.660. The van der Waals surface area contributed by atoms with Crippen molar-refractivity contribution in [3.05, 3.63) is 72.8 Å². The van der Waals surface area contributed by atoms with E-state index in [1.165, 1.54) is 5.56 Å². The van der Waals surface area contributed by atoms with E-state index in [4.69, 9.17) is 0 Å². The molecule has 122 valence electrons. The number of allylic oxidation sites excluding steroid dienone is 2. The lowest BCUT2D eigenvalue weighted by Gasteiger charge is -2.13. The van der Waals surface area contributed by atoms with Crippen LogP contribution in [-0.4, -0.2) is 22.0 Å². The highest BCUT2D eigenvalue weighted by atomic mass is 15.4. The molecule has 0 aliphatic carbocycles. The van der Waals surface area contributed by atoms with Crippen LogP contribution < -0.4 is 5.32 Å². The summed E-state index contributed by atoms with van der Waals surface area (Å²) in [6.07, 6.45) is 3.87. The Morgan fingerprint density at radius 2 is 2.08 bits per heavy atom. The molecular formula is C20H22N4. The van der Waals surface area contributed by atoms with E-state index in [1.807, 2.05) is 42.1 Å². The number of nitrogens with zero attached hydrogens (tertiary/aromatic N) is 3. The third-order valence-corrected chi connectivity index (χ3v) is 4.16. The molecule has 0 aliphatic heterocycles. The molecule has 1 aromatic heterocycles. The van der Waals surface area contributed by atoms with E-state index in [9.17, 15) is 0 Å². The van der Waals surface area contributed by atoms with Crippen LogP contribution in [0.1, 0.15) is 17.5 Å². The maximum Gasteiger partial charge on any atom is 0.113 e. The fourth-order valence-electron chi connectivity index (χ4n) is 2.83. The lowest BCUT2D eigenvalue weighted by atomic mass is 10.00. The second kappa shape index (κ2) is 7.13. The minimum Gasteiger partial charge on any atom is -0.388 e. The Kier molecular flexibility index (Phi) is 4.75. The molecule has 4 heteroatoms. The molecule has 0 aliphatic rings. The van der Waals surface area contributed by atoms with Gasteiger partial charge in [0.15, 0.2) is 0 Å². The number of benzene rings is 2. The highest BCUT2D eigenvalue weighted by molar-refractivity contribution is 5.75. The minimum atomic E-state index is 0.625. The Bertz CT molecular complexity index is 876. The fraction of sp³-hybridized carbons (Fsp3) is 0.200. The first-order valence-corrected chi connectivity index (χ1v) is 8.11. The van der Waals surface area contributed by atoms with Gasteiger partial charge in [0.2, 0.25) is 0 Å². The highest BCUT2D eigenvalue weighted by Crippen LogP contribution is 2.24. The molecule has 1 heterocycles. The number of para-hydroxylation sites is 1. The van der Waals surface area contributed by atoms with Crippen LogP contribution in [0.4, 0.5) is 5.69 Å². The zero-order valence-electron chi connectivity index (χ0n) is 14.0. The van der Waals surface area contributed by atoms with Crippen LogP contribution in [0, 0.1) is 0 Å². The average molecular weight is 318 g/mol. The first-order valence-electron chi connectivity index (χ1n) is 8.11. The van der Waals surface area contributed by atoms with Gasteiger partial charge in [0.1, 0.15) is 5.52 Å². The van der Waals surface area contributed by atoms with Crippen LogP contribution in [0.3, 0.4) is 0 Å². The lowest BCUT2D eigenvalue weighted by Crippen LogP contribution is -2.03. The van der Waals surface area contributed by atoms with Gasteiger partial charge in [-0.05, 0) is 53.8 Å². The van der Waals surface area contributed by atoms with Crippen molar-refractivity contribution < 1.29 is 0 Å². The molecule has 0 radical (unpaired) electrons. The molecule has 0 unspecified atom stereocenters. The van der Waals surface area contributed by atoms with Crippen molar-refractivity contribution in [2.24, 2.45) is 0 Å². The van der Waals surface area contributed by atoms with Gasteiger partial charge in [-0.25, -0.2) is 4.68 Å². The highest BCUT2D eigenvalue weighted by Gasteiger charge is 2.08. The van der Waals surface area contributed by atoms with Crippen LogP contribution in [0.25, 0.3) is 16.6 Å². The first-order chi connectivity index (χ1) is 11.7. The number of fused-ring (bicyclic) bond motifs is 1. The van der Waals surface area contributed by atoms with Crippen molar-refractivity contribution in [2.75, 3.05) is 12.4 Å². The molecule has 3 aromatic rings. The van der Waals surface area contributed by atoms with E-state index in [-0.39, 0.29) is 0 Å². The molecule has 0 fully saturated rings. The molecule has 1 N–H and O–H groups in total. The number of aromatic nitrogens is 3. The molecule has 24 heavy (non-hydrogen) atoms. The van der Waals surface area contributed by atoms with Gasteiger partial charge in [-0.3, -0.25) is 0 Å². The maximum absolute atomic E-state index is 4.25. The summed E-state index contributed by atoms with van der Waals surface area (Å²) in [4.78, 5) is 0. The second-order valence-electron chi connectivity index (χ2n) is 5.79. The SMILES string of the molecule is C=CCCc1cc(C(=C)Cn2nnc3ccccc32)ccc1NC. The first kappa shape index (κ1) is 16.0. The largest absolute Gasteiger partial charge is 0.388 e. The Morgan fingerprint density at radius 1 is 1.25 bits per heavy atom. The van der Waals surface area contributed by atoms with Gasteiger partial charge >= 0.3 is 0 Å². The van der Waals surface area contributed by atoms with Gasteiger partial charge in [0.25, 0.3) is 0 Å². The van der Waals surface area contributed by atoms with Crippen LogP contribution in [-0.2, 0) is 13.0 Å². The summed E-state index contributed by atoms with van der Waals surface area (Å²) < 4.78 is 1.90. The van der Waals surface area contributed by atoms with E-state index in [0.717, 1.165) is 40.7 Å². The second-order valence-corrected chi connectivity index (χ2v) is 5.79. The maximum atomic E-state index is 4.25. The van der Waals surface area contributed by atoms with Gasteiger partial charge in [0, 0.05) is 12.7 Å². The van der Waals surface area contributed by atoms with Crippen molar-refractivity contribution >= 4 is 22.3 Å². The Balaban J connectivity index is 1.85. The Labute approximate surface area is 142 Å². The number of rotatable bonds is 7. The van der Waals surface area contributed by atoms with Gasteiger partial charge in [0.05, 0.1) is 12.1 Å². The summed E-state index contributed by atoms with van der Waals surface area (Å²) >= 11 is 0. The molecule has 0 spiro atoms. The molecule has 0 atom stereocenters. The third kappa shape index (κ3) is 3.23. The topological polar surface area (TPSA) is 42.7 Å². The van der Waals surface area contributed by atoms with Crippen molar-refractivity contribution in [3.63, 3.8) is 0 Å². The smallest absolute Gasteiger partial charge is 0.113 e. The van der Waals surface area contributed by atoms with E-state index in [1.54, 1.807) is 0 Å². The van der Waals surface area contributed by atoms with E-state index < -0.39 is 0 Å². The number of hydrogen-bond donors (Lipinski definition) is 1. The van der Waals surface area contributed by atoms with Gasteiger partial charge in [-0.2, -0.15) is 0 Å². The van der Waals surface area contributed by atoms with E-state index >= 15 is 0 Å². The Morgan fingerprint density at radius 3 is 2.88 bits per heavy atom. The van der Waals surface area contributed by atoms with E-state index in [2.05, 4.69) is 47.0 Å². The van der Waals surface area contributed by atoms with Crippen molar-refractivity contribution in [1.82, 2.24) is 15.0 Å². The molecule has 4 nitrogen and oxygen atoms in total. The van der Waals surface area contributed by atoms with Gasteiger partial charge in [-0.15, -0.1) is 11.7 Å². The van der Waals surface area contributed by atoms with Crippen molar-refractivity contribution in [1.29, 1.82) is 0 Å². The molecule has 2 aromatic carbocycles. The van der Waals surface area contributed by atoms with Crippen molar-refractivity contribution in [3.8, 4) is 0 Å². The molecule has 0 bridgehead atoms. The number of aryl methyl sites for hydroxylation is 1. The number of anilines is 1. The summed E-state index contributed by atoms with van der Waals surface area (Å²) in [5.41, 5.74) is 6.51. The molecule has 0 amide bonds. The monoisotopic (exact) mass is 318 g/mol. The zero-order chi connectivity index (χ0) is 16.9. The summed E-state index contributed by atoms with van der Waals surface area (Å²) in [5.74, 6) is 0. The standard InChI is InChI=1S/C20H22N4/c1-4-5-8-17-13-16(11-12-18(17)21-3)15(2)14-24-20-10-7-6-9-19(20)22-23-24/h4,6-7,9-13,21H,1-2,5,8,14H2,3H3. The molecular weight excluding hydrogens is 296 g/mol. The molecule has 0 saturated heterocycles. The minimum absolute atomic E-state index is 0.625. The third-order valence-electron chi connectivity index (χ3n) is 4.16. The normalized spacial score (nSPS) is 10.7. The summed E-state index contributed by atoms with van der Waals surface area (Å²) in [6, 6.07) is 14.4. The van der Waals surface area contributed by atoms with Crippen LogP contribution >= 0.6 is 0 Å². The van der Waals surface area contributed by atoms with Crippen molar-refractivity contribution in [2.45, 2.75) is 19.4 Å². The van der Waals surface area contributed by atoms with Crippen LogP contribution in [0.2, 0.25) is 0 Å². The van der Waals surface area contributed by atoms with Gasteiger partial charge < -0.3 is 5.32 Å². The summed E-state index contributed by atoms with van der Waals surface area (Å²) in [7, 11) is 1.95. The molecule has 3 rings (SSSR count). The number of hydrogen-bond acceptors (Lipinski definition) is 3. The van der Waals surface area contributed by atoms with E-state index in [0.29, 0.717) is 6.54 Å². The predicted molar refractivity (Wildman–Crippen MR) is 101 cm³/mol. The molecule has 0 saturated carbocycles. The lowest BCUT2D eigenvalue weighted by molar-refractivity contribution is 0.692. The fourth-order valence-corrected chi connectivity index (χ4v) is 2.83. The Hall–Kier alpha value is -2.88. The predicted octanol–water partition coefficient (Wildman–Crippen LogP) is 4.31. The number of nitrogens with one attached hydrogen (secondary N) is 1. The van der Waals surface area contributed by atoms with Gasteiger partial charge in [-0.1, -0.05) is 36.1 Å². The average Bonchev–Trinajstić information content (AvgIpc) is 3.02. The summed E-state index contributed by atoms with van der Waals surface area (Å²) in [6.45, 7) is 8.69.